The van der Waals surface area contributed by atoms with Gasteiger partial charge in [-0.05, 0) is 42.2 Å². The predicted octanol–water partition coefficient (Wildman–Crippen LogP) is 4.33. The van der Waals surface area contributed by atoms with Gasteiger partial charge in [0.2, 0.25) is 5.91 Å². The van der Waals surface area contributed by atoms with Crippen LogP contribution in [0.5, 0.6) is 0 Å². The summed E-state index contributed by atoms with van der Waals surface area (Å²) >= 11 is 3.32. The lowest BCUT2D eigenvalue weighted by atomic mass is 10.1. The van der Waals surface area contributed by atoms with E-state index < -0.39 is 4.83 Å². The van der Waals surface area contributed by atoms with Crippen molar-refractivity contribution in [1.29, 1.82) is 0 Å². The van der Waals surface area contributed by atoms with Gasteiger partial charge in [-0.25, -0.2) is 4.39 Å². The van der Waals surface area contributed by atoms with Gasteiger partial charge in [0.1, 0.15) is 5.82 Å². The summed E-state index contributed by atoms with van der Waals surface area (Å²) in [5.74, 6) is -0.468. The molecule has 1 atom stereocenters. The molecule has 1 N–H and O–H groups in total. The Hall–Kier alpha value is -1.68. The molecule has 1 unspecified atom stereocenters. The molecule has 0 aliphatic rings. The topological polar surface area (TPSA) is 29.1 Å². The van der Waals surface area contributed by atoms with E-state index in [0.717, 1.165) is 12.1 Å². The van der Waals surface area contributed by atoms with E-state index in [1.165, 1.54) is 11.6 Å². The van der Waals surface area contributed by atoms with Crippen LogP contribution in [0.4, 0.5) is 10.1 Å². The van der Waals surface area contributed by atoms with Gasteiger partial charge in [-0.15, -0.1) is 0 Å². The molecule has 0 radical (unpaired) electrons. The largest absolute Gasteiger partial charge is 0.325 e. The molecular formula is C17H17BrFNO. The van der Waals surface area contributed by atoms with E-state index in [2.05, 4.69) is 28.2 Å². The lowest BCUT2D eigenvalue weighted by Gasteiger charge is -2.12. The highest BCUT2D eigenvalue weighted by Gasteiger charge is 2.17. The molecule has 110 valence electrons. The number of rotatable bonds is 5. The summed E-state index contributed by atoms with van der Waals surface area (Å²) in [5, 5.41) is 2.82. The first-order valence-electron chi connectivity index (χ1n) is 6.87. The normalized spacial score (nSPS) is 12.0. The molecule has 2 rings (SSSR count). The number of halogens is 2. The molecule has 2 aromatic rings. The molecule has 0 fully saturated rings. The summed E-state index contributed by atoms with van der Waals surface area (Å²) < 4.78 is 13.6. The van der Waals surface area contributed by atoms with Crippen molar-refractivity contribution in [2.24, 2.45) is 0 Å². The van der Waals surface area contributed by atoms with E-state index in [1.807, 2.05) is 24.3 Å². The van der Waals surface area contributed by atoms with Crippen molar-refractivity contribution in [2.75, 3.05) is 5.32 Å². The first-order chi connectivity index (χ1) is 10.1. The summed E-state index contributed by atoms with van der Waals surface area (Å²) in [4.78, 5) is 11.6. The molecule has 4 heteroatoms. The second-order valence-electron chi connectivity index (χ2n) is 4.80. The van der Waals surface area contributed by atoms with Crippen LogP contribution in [0.15, 0.2) is 48.5 Å². The first-order valence-corrected chi connectivity index (χ1v) is 7.79. The Balaban J connectivity index is 1.97. The van der Waals surface area contributed by atoms with E-state index in [9.17, 15) is 9.18 Å². The number of amides is 1. The molecule has 0 bridgehead atoms. The number of hydrogen-bond acceptors (Lipinski definition) is 1. The van der Waals surface area contributed by atoms with Crippen LogP contribution in [-0.4, -0.2) is 10.7 Å². The van der Waals surface area contributed by atoms with Gasteiger partial charge in [0.25, 0.3) is 0 Å². The lowest BCUT2D eigenvalue weighted by molar-refractivity contribution is -0.115. The zero-order valence-electron chi connectivity index (χ0n) is 11.8. The van der Waals surface area contributed by atoms with E-state index in [-0.39, 0.29) is 11.7 Å². The SMILES string of the molecule is CCc1ccc(NC(=O)C(Br)Cc2ccccc2F)cc1. The second-order valence-corrected chi connectivity index (χ2v) is 5.91. The van der Waals surface area contributed by atoms with Crippen molar-refractivity contribution in [3.63, 3.8) is 0 Å². The fourth-order valence-corrected chi connectivity index (χ4v) is 2.46. The van der Waals surface area contributed by atoms with E-state index in [0.29, 0.717) is 12.0 Å². The third-order valence-corrected chi connectivity index (χ3v) is 4.01. The molecular weight excluding hydrogens is 333 g/mol. The summed E-state index contributed by atoms with van der Waals surface area (Å²) in [5.41, 5.74) is 2.49. The molecule has 0 aliphatic heterocycles. The molecule has 0 aromatic heterocycles. The Kier molecular flexibility index (Phi) is 5.51. The molecule has 2 nitrogen and oxygen atoms in total. The average molecular weight is 350 g/mol. The second kappa shape index (κ2) is 7.36. The van der Waals surface area contributed by atoms with Crippen LogP contribution in [0.1, 0.15) is 18.1 Å². The van der Waals surface area contributed by atoms with Crippen LogP contribution in [0.2, 0.25) is 0 Å². The zero-order chi connectivity index (χ0) is 15.2. The maximum atomic E-state index is 13.6. The van der Waals surface area contributed by atoms with Crippen molar-refractivity contribution >= 4 is 27.5 Å². The minimum Gasteiger partial charge on any atom is -0.325 e. The third-order valence-electron chi connectivity index (χ3n) is 3.27. The summed E-state index contributed by atoms with van der Waals surface area (Å²) in [6.45, 7) is 2.08. The van der Waals surface area contributed by atoms with Gasteiger partial charge in [0, 0.05) is 5.69 Å². The van der Waals surface area contributed by atoms with Crippen LogP contribution in [0.3, 0.4) is 0 Å². The Morgan fingerprint density at radius 2 is 1.86 bits per heavy atom. The lowest BCUT2D eigenvalue weighted by Crippen LogP contribution is -2.25. The average Bonchev–Trinajstić information content (AvgIpc) is 2.50. The summed E-state index contributed by atoms with van der Waals surface area (Å²) in [6, 6.07) is 14.2. The Bertz CT molecular complexity index is 612. The van der Waals surface area contributed by atoms with Crippen LogP contribution >= 0.6 is 15.9 Å². The molecule has 0 aliphatic carbocycles. The van der Waals surface area contributed by atoms with Gasteiger partial charge < -0.3 is 5.32 Å². The fraction of sp³-hybridized carbons (Fsp3) is 0.235. The quantitative estimate of drug-likeness (QED) is 0.799. The number of hydrogen-bond donors (Lipinski definition) is 1. The van der Waals surface area contributed by atoms with Crippen LogP contribution in [0.25, 0.3) is 0 Å². The molecule has 0 heterocycles. The summed E-state index contributed by atoms with van der Waals surface area (Å²) in [7, 11) is 0. The van der Waals surface area contributed by atoms with Gasteiger partial charge >= 0.3 is 0 Å². The van der Waals surface area contributed by atoms with Crippen molar-refractivity contribution in [1.82, 2.24) is 0 Å². The monoisotopic (exact) mass is 349 g/mol. The highest BCUT2D eigenvalue weighted by Crippen LogP contribution is 2.16. The van der Waals surface area contributed by atoms with Crippen LogP contribution in [-0.2, 0) is 17.6 Å². The Morgan fingerprint density at radius 3 is 2.48 bits per heavy atom. The fourth-order valence-electron chi connectivity index (χ4n) is 1.99. The van der Waals surface area contributed by atoms with Crippen molar-refractivity contribution in [3.8, 4) is 0 Å². The molecule has 0 saturated heterocycles. The van der Waals surface area contributed by atoms with Gasteiger partial charge in [-0.2, -0.15) is 0 Å². The van der Waals surface area contributed by atoms with E-state index in [1.54, 1.807) is 18.2 Å². The first kappa shape index (κ1) is 15.7. The maximum Gasteiger partial charge on any atom is 0.238 e. The molecule has 1 amide bonds. The molecule has 21 heavy (non-hydrogen) atoms. The van der Waals surface area contributed by atoms with Crippen LogP contribution in [0, 0.1) is 5.82 Å². The number of aryl methyl sites for hydroxylation is 1. The van der Waals surface area contributed by atoms with Gasteiger partial charge in [0.15, 0.2) is 0 Å². The van der Waals surface area contributed by atoms with Gasteiger partial charge in [0.05, 0.1) is 4.83 Å². The van der Waals surface area contributed by atoms with E-state index in [4.69, 9.17) is 0 Å². The highest BCUT2D eigenvalue weighted by molar-refractivity contribution is 9.10. The maximum absolute atomic E-state index is 13.6. The third kappa shape index (κ3) is 4.39. The zero-order valence-corrected chi connectivity index (χ0v) is 13.4. The number of anilines is 1. The molecule has 0 saturated carbocycles. The Morgan fingerprint density at radius 1 is 1.19 bits per heavy atom. The number of carbonyl (C=O) groups excluding carboxylic acids is 1. The number of nitrogens with one attached hydrogen (secondary N) is 1. The minimum atomic E-state index is -0.472. The standard InChI is InChI=1S/C17H17BrFNO/c1-2-12-7-9-14(10-8-12)20-17(21)15(18)11-13-5-3-4-6-16(13)19/h3-10,15H,2,11H2,1H3,(H,20,21). The van der Waals surface area contributed by atoms with Crippen LogP contribution < -0.4 is 5.32 Å². The highest BCUT2D eigenvalue weighted by atomic mass is 79.9. The minimum absolute atomic E-state index is 0.178. The van der Waals surface area contributed by atoms with Gasteiger partial charge in [-0.1, -0.05) is 53.2 Å². The van der Waals surface area contributed by atoms with Gasteiger partial charge in [-0.3, -0.25) is 4.79 Å². The number of benzene rings is 2. The van der Waals surface area contributed by atoms with Crippen molar-refractivity contribution in [3.05, 3.63) is 65.5 Å². The molecule has 0 spiro atoms. The van der Waals surface area contributed by atoms with Crippen molar-refractivity contribution in [2.45, 2.75) is 24.6 Å². The molecule has 2 aromatic carbocycles. The number of carbonyl (C=O) groups is 1. The van der Waals surface area contributed by atoms with Crippen molar-refractivity contribution < 1.29 is 9.18 Å². The smallest absolute Gasteiger partial charge is 0.238 e. The van der Waals surface area contributed by atoms with E-state index >= 15 is 0 Å². The summed E-state index contributed by atoms with van der Waals surface area (Å²) in [6.07, 6.45) is 1.27. The predicted molar refractivity (Wildman–Crippen MR) is 87.3 cm³/mol. The number of alkyl halides is 1. The Labute approximate surface area is 132 Å².